The predicted molar refractivity (Wildman–Crippen MR) is 118 cm³/mol. The number of rotatable bonds is 5. The van der Waals surface area contributed by atoms with E-state index in [1.807, 2.05) is 29.6 Å². The average Bonchev–Trinajstić information content (AvgIpc) is 3.46. The van der Waals surface area contributed by atoms with Crippen LogP contribution in [0.1, 0.15) is 39.9 Å². The molecule has 2 aromatic heterocycles. The SMILES string of the molecule is O=C(Nc1nc(-c2ccc3c(c2)CCCC3)cs1)c1ccc(Cn2cncn2)cc1. The lowest BCUT2D eigenvalue weighted by Gasteiger charge is -2.16. The molecule has 0 spiro atoms. The minimum Gasteiger partial charge on any atom is -0.298 e. The fourth-order valence-electron chi connectivity index (χ4n) is 3.79. The molecule has 2 aromatic carbocycles. The van der Waals surface area contributed by atoms with Gasteiger partial charge in [0.1, 0.15) is 12.7 Å². The zero-order valence-electron chi connectivity index (χ0n) is 16.4. The monoisotopic (exact) mass is 415 g/mol. The summed E-state index contributed by atoms with van der Waals surface area (Å²) in [5.41, 5.74) is 6.57. The number of anilines is 1. The Balaban J connectivity index is 1.26. The van der Waals surface area contributed by atoms with E-state index in [4.69, 9.17) is 0 Å². The van der Waals surface area contributed by atoms with Gasteiger partial charge < -0.3 is 0 Å². The van der Waals surface area contributed by atoms with E-state index in [1.165, 1.54) is 48.1 Å². The van der Waals surface area contributed by atoms with Crippen molar-refractivity contribution in [3.8, 4) is 11.3 Å². The third-order valence-corrected chi connectivity index (χ3v) is 6.15. The molecule has 30 heavy (non-hydrogen) atoms. The van der Waals surface area contributed by atoms with Crippen LogP contribution in [0.2, 0.25) is 0 Å². The fourth-order valence-corrected chi connectivity index (χ4v) is 4.50. The highest BCUT2D eigenvalue weighted by Crippen LogP contribution is 2.29. The van der Waals surface area contributed by atoms with E-state index in [-0.39, 0.29) is 5.91 Å². The van der Waals surface area contributed by atoms with Crippen molar-refractivity contribution >= 4 is 22.4 Å². The lowest BCUT2D eigenvalue weighted by Crippen LogP contribution is -2.12. The number of benzene rings is 2. The van der Waals surface area contributed by atoms with Crippen LogP contribution >= 0.6 is 11.3 Å². The Bertz CT molecular complexity index is 1160. The normalized spacial score (nSPS) is 13.1. The van der Waals surface area contributed by atoms with Crippen molar-refractivity contribution in [3.63, 3.8) is 0 Å². The van der Waals surface area contributed by atoms with Gasteiger partial charge in [0, 0.05) is 16.5 Å². The van der Waals surface area contributed by atoms with Crippen LogP contribution in [-0.2, 0) is 19.4 Å². The molecule has 1 aliphatic carbocycles. The Morgan fingerprint density at radius 3 is 2.70 bits per heavy atom. The van der Waals surface area contributed by atoms with Gasteiger partial charge in [-0.25, -0.2) is 14.6 Å². The van der Waals surface area contributed by atoms with Gasteiger partial charge in [0.25, 0.3) is 5.91 Å². The number of carbonyl (C=O) groups excluding carboxylic acids is 1. The third-order valence-electron chi connectivity index (χ3n) is 5.40. The second kappa shape index (κ2) is 8.20. The fraction of sp³-hybridized carbons (Fsp3) is 0.217. The van der Waals surface area contributed by atoms with Crippen LogP contribution in [0.25, 0.3) is 11.3 Å². The molecule has 6 nitrogen and oxygen atoms in total. The van der Waals surface area contributed by atoms with Crippen LogP contribution in [0.15, 0.2) is 60.5 Å². The first kappa shape index (κ1) is 18.7. The second-order valence-corrected chi connectivity index (χ2v) is 8.33. The molecule has 0 aliphatic heterocycles. The van der Waals surface area contributed by atoms with Crippen molar-refractivity contribution < 1.29 is 4.79 Å². The Labute approximate surface area is 178 Å². The first-order valence-electron chi connectivity index (χ1n) is 10.0. The molecule has 0 bridgehead atoms. The van der Waals surface area contributed by atoms with Gasteiger partial charge in [-0.15, -0.1) is 11.3 Å². The number of nitrogens with zero attached hydrogens (tertiary/aromatic N) is 4. The summed E-state index contributed by atoms with van der Waals surface area (Å²) >= 11 is 1.45. The third kappa shape index (κ3) is 4.02. The number of carbonyl (C=O) groups is 1. The summed E-state index contributed by atoms with van der Waals surface area (Å²) in [5.74, 6) is -0.159. The van der Waals surface area contributed by atoms with Gasteiger partial charge in [0.2, 0.25) is 0 Å². The highest BCUT2D eigenvalue weighted by atomic mass is 32.1. The molecule has 2 heterocycles. The number of hydrogen-bond donors (Lipinski definition) is 1. The van der Waals surface area contributed by atoms with Gasteiger partial charge in [-0.05, 0) is 60.6 Å². The Kier molecular flexibility index (Phi) is 5.11. The molecule has 0 radical (unpaired) electrons. The number of hydrogen-bond acceptors (Lipinski definition) is 5. The zero-order valence-corrected chi connectivity index (χ0v) is 17.2. The van der Waals surface area contributed by atoms with Crippen molar-refractivity contribution in [3.05, 3.63) is 82.8 Å². The van der Waals surface area contributed by atoms with Crippen LogP contribution in [0.3, 0.4) is 0 Å². The molecule has 150 valence electrons. The minimum atomic E-state index is -0.159. The topological polar surface area (TPSA) is 72.7 Å². The molecule has 0 saturated heterocycles. The van der Waals surface area contributed by atoms with Crippen LogP contribution in [-0.4, -0.2) is 25.7 Å². The van der Waals surface area contributed by atoms with Crippen LogP contribution in [0.5, 0.6) is 0 Å². The standard InChI is InChI=1S/C23H21N5OS/c29-22(18-7-5-16(6-8-18)12-28-15-24-14-25-28)27-23-26-21(13-30-23)20-10-9-17-3-1-2-4-19(17)11-20/h5-11,13-15H,1-4,12H2,(H,26,27,29). The van der Waals surface area contributed by atoms with Crippen LogP contribution in [0.4, 0.5) is 5.13 Å². The van der Waals surface area contributed by atoms with Crippen LogP contribution < -0.4 is 5.32 Å². The van der Waals surface area contributed by atoms with E-state index >= 15 is 0 Å². The number of amides is 1. The maximum atomic E-state index is 12.6. The van der Waals surface area contributed by atoms with E-state index < -0.39 is 0 Å². The van der Waals surface area contributed by atoms with Gasteiger partial charge in [-0.3, -0.25) is 10.1 Å². The van der Waals surface area contributed by atoms with E-state index in [0.717, 1.165) is 23.2 Å². The molecule has 5 rings (SSSR count). The molecular formula is C23H21N5OS. The van der Waals surface area contributed by atoms with Gasteiger partial charge in [-0.2, -0.15) is 5.10 Å². The van der Waals surface area contributed by atoms with Crippen molar-refractivity contribution in [2.24, 2.45) is 0 Å². The minimum absolute atomic E-state index is 0.159. The van der Waals surface area contributed by atoms with Gasteiger partial charge in [0.15, 0.2) is 5.13 Å². The summed E-state index contributed by atoms with van der Waals surface area (Å²) in [6.07, 6.45) is 8.03. The van der Waals surface area contributed by atoms with E-state index in [9.17, 15) is 4.79 Å². The van der Waals surface area contributed by atoms with E-state index in [0.29, 0.717) is 17.2 Å². The summed E-state index contributed by atoms with van der Waals surface area (Å²) in [4.78, 5) is 21.2. The maximum Gasteiger partial charge on any atom is 0.257 e. The maximum absolute atomic E-state index is 12.6. The van der Waals surface area contributed by atoms with Crippen molar-refractivity contribution in [1.29, 1.82) is 0 Å². The zero-order chi connectivity index (χ0) is 20.3. The molecule has 1 amide bonds. The number of fused-ring (bicyclic) bond motifs is 1. The molecule has 1 N–H and O–H groups in total. The number of thiazole rings is 1. The quantitative estimate of drug-likeness (QED) is 0.518. The molecular weight excluding hydrogens is 394 g/mol. The van der Waals surface area contributed by atoms with Gasteiger partial charge >= 0.3 is 0 Å². The molecule has 7 heteroatoms. The van der Waals surface area contributed by atoms with Gasteiger partial charge in [0.05, 0.1) is 12.2 Å². The molecule has 0 atom stereocenters. The smallest absolute Gasteiger partial charge is 0.257 e. The lowest BCUT2D eigenvalue weighted by molar-refractivity contribution is 0.102. The number of aryl methyl sites for hydroxylation is 2. The highest BCUT2D eigenvalue weighted by Gasteiger charge is 2.13. The average molecular weight is 416 g/mol. The summed E-state index contributed by atoms with van der Waals surface area (Å²) < 4.78 is 1.74. The van der Waals surface area contributed by atoms with Crippen LogP contribution in [0, 0.1) is 0 Å². The highest BCUT2D eigenvalue weighted by molar-refractivity contribution is 7.14. The molecule has 1 aliphatic rings. The summed E-state index contributed by atoms with van der Waals surface area (Å²) in [6.45, 7) is 0.624. The Hall–Kier alpha value is -3.32. The van der Waals surface area contributed by atoms with E-state index in [1.54, 1.807) is 11.0 Å². The van der Waals surface area contributed by atoms with Crippen molar-refractivity contribution in [1.82, 2.24) is 19.7 Å². The Morgan fingerprint density at radius 2 is 1.90 bits per heavy atom. The molecule has 0 saturated carbocycles. The van der Waals surface area contributed by atoms with Crippen molar-refractivity contribution in [2.75, 3.05) is 5.32 Å². The second-order valence-electron chi connectivity index (χ2n) is 7.47. The summed E-state index contributed by atoms with van der Waals surface area (Å²) in [6, 6.07) is 14.1. The van der Waals surface area contributed by atoms with E-state index in [2.05, 4.69) is 38.6 Å². The summed E-state index contributed by atoms with van der Waals surface area (Å²) in [7, 11) is 0. The predicted octanol–water partition coefficient (Wildman–Crippen LogP) is 4.58. The molecule has 0 unspecified atom stereocenters. The van der Waals surface area contributed by atoms with Gasteiger partial charge in [-0.1, -0.05) is 24.3 Å². The first-order chi connectivity index (χ1) is 14.7. The first-order valence-corrected chi connectivity index (χ1v) is 10.9. The van der Waals surface area contributed by atoms with Crippen molar-refractivity contribution in [2.45, 2.75) is 32.2 Å². The number of aromatic nitrogens is 4. The molecule has 0 fully saturated rings. The number of nitrogens with one attached hydrogen (secondary N) is 1. The lowest BCUT2D eigenvalue weighted by atomic mass is 9.90. The largest absolute Gasteiger partial charge is 0.298 e. The summed E-state index contributed by atoms with van der Waals surface area (Å²) in [5, 5.41) is 9.62. The Morgan fingerprint density at radius 1 is 1.07 bits per heavy atom. The molecule has 4 aromatic rings.